The molecule has 5 heteroatoms. The van der Waals surface area contributed by atoms with Gasteiger partial charge in [-0.25, -0.2) is 4.98 Å². The summed E-state index contributed by atoms with van der Waals surface area (Å²) in [5, 5.41) is 2.91. The van der Waals surface area contributed by atoms with Gasteiger partial charge in [-0.15, -0.1) is 11.3 Å². The fourth-order valence-electron chi connectivity index (χ4n) is 1.57. The first-order valence-corrected chi connectivity index (χ1v) is 6.46. The lowest BCUT2D eigenvalue weighted by atomic mass is 10.2. The van der Waals surface area contributed by atoms with E-state index in [1.807, 2.05) is 26.0 Å². The van der Waals surface area contributed by atoms with Crippen molar-refractivity contribution in [2.75, 3.05) is 5.73 Å². The smallest absolute Gasteiger partial charge is 0.270 e. The molecular formula is C13H15N3OS. The second-order valence-corrected chi connectivity index (χ2v) is 5.44. The normalized spacial score (nSPS) is 12.1. The van der Waals surface area contributed by atoms with Gasteiger partial charge in [0.25, 0.3) is 5.91 Å². The number of pyridine rings is 1. The van der Waals surface area contributed by atoms with E-state index < -0.39 is 0 Å². The van der Waals surface area contributed by atoms with Gasteiger partial charge in [-0.2, -0.15) is 0 Å². The number of rotatable bonds is 3. The van der Waals surface area contributed by atoms with Gasteiger partial charge in [0.1, 0.15) is 5.69 Å². The molecule has 0 fully saturated rings. The van der Waals surface area contributed by atoms with Gasteiger partial charge >= 0.3 is 0 Å². The van der Waals surface area contributed by atoms with Crippen LogP contribution in [0.15, 0.2) is 30.5 Å². The number of nitrogen functional groups attached to an aromatic ring is 1. The highest BCUT2D eigenvalue weighted by Gasteiger charge is 2.13. The van der Waals surface area contributed by atoms with Crippen molar-refractivity contribution in [2.45, 2.75) is 19.9 Å². The average molecular weight is 261 g/mol. The summed E-state index contributed by atoms with van der Waals surface area (Å²) >= 11 is 1.68. The molecule has 1 amide bonds. The Morgan fingerprint density at radius 3 is 2.72 bits per heavy atom. The Morgan fingerprint density at radius 1 is 1.39 bits per heavy atom. The molecule has 0 spiro atoms. The Balaban J connectivity index is 2.05. The molecule has 4 nitrogen and oxygen atoms in total. The molecular weight excluding hydrogens is 246 g/mol. The van der Waals surface area contributed by atoms with E-state index in [0.29, 0.717) is 11.4 Å². The Kier molecular flexibility index (Phi) is 3.62. The highest BCUT2D eigenvalue weighted by molar-refractivity contribution is 7.12. The predicted octanol–water partition coefficient (Wildman–Crippen LogP) is 2.52. The maximum atomic E-state index is 11.9. The van der Waals surface area contributed by atoms with Gasteiger partial charge in [0.2, 0.25) is 0 Å². The van der Waals surface area contributed by atoms with Crippen LogP contribution in [0, 0.1) is 6.92 Å². The molecule has 0 saturated carbocycles. The highest BCUT2D eigenvalue weighted by atomic mass is 32.1. The molecule has 94 valence electrons. The zero-order valence-electron chi connectivity index (χ0n) is 10.3. The number of nitrogens with one attached hydrogen (secondary N) is 1. The lowest BCUT2D eigenvalue weighted by Crippen LogP contribution is -2.26. The molecule has 18 heavy (non-hydrogen) atoms. The SMILES string of the molecule is Cc1ccc(C(C)NC(=O)c2ccc(N)cn2)s1. The monoisotopic (exact) mass is 261 g/mol. The van der Waals surface area contributed by atoms with Crippen molar-refractivity contribution in [3.8, 4) is 0 Å². The first-order chi connectivity index (χ1) is 8.56. The van der Waals surface area contributed by atoms with Gasteiger partial charge in [-0.05, 0) is 38.1 Å². The van der Waals surface area contributed by atoms with Crippen molar-refractivity contribution >= 4 is 22.9 Å². The summed E-state index contributed by atoms with van der Waals surface area (Å²) in [4.78, 5) is 18.3. The summed E-state index contributed by atoms with van der Waals surface area (Å²) in [5.74, 6) is -0.187. The minimum atomic E-state index is -0.187. The van der Waals surface area contributed by atoms with Crippen LogP contribution in [0.1, 0.15) is 33.2 Å². The molecule has 0 bridgehead atoms. The third kappa shape index (κ3) is 2.87. The predicted molar refractivity (Wildman–Crippen MR) is 73.6 cm³/mol. The molecule has 2 heterocycles. The Bertz CT molecular complexity index is 548. The first-order valence-electron chi connectivity index (χ1n) is 5.65. The van der Waals surface area contributed by atoms with Gasteiger partial charge in [-0.1, -0.05) is 0 Å². The maximum absolute atomic E-state index is 11.9. The van der Waals surface area contributed by atoms with Crippen molar-refractivity contribution < 1.29 is 4.79 Å². The summed E-state index contributed by atoms with van der Waals surface area (Å²) in [7, 11) is 0. The van der Waals surface area contributed by atoms with Gasteiger partial charge < -0.3 is 11.1 Å². The molecule has 0 aromatic carbocycles. The molecule has 3 N–H and O–H groups in total. The van der Waals surface area contributed by atoms with Crippen LogP contribution in [0.4, 0.5) is 5.69 Å². The number of thiophene rings is 1. The largest absolute Gasteiger partial charge is 0.397 e. The summed E-state index contributed by atoms with van der Waals surface area (Å²) in [6.07, 6.45) is 1.48. The summed E-state index contributed by atoms with van der Waals surface area (Å²) < 4.78 is 0. The van der Waals surface area contributed by atoms with Crippen LogP contribution < -0.4 is 11.1 Å². The lowest BCUT2D eigenvalue weighted by Gasteiger charge is -2.11. The standard InChI is InChI=1S/C13H15N3OS/c1-8-3-6-12(18-8)9(2)16-13(17)11-5-4-10(14)7-15-11/h3-7,9H,14H2,1-2H3,(H,16,17). The van der Waals surface area contributed by atoms with E-state index in [9.17, 15) is 4.79 Å². The molecule has 1 atom stereocenters. The van der Waals surface area contributed by atoms with Crippen LogP contribution in [-0.2, 0) is 0 Å². The molecule has 0 aliphatic heterocycles. The van der Waals surface area contributed by atoms with Crippen LogP contribution in [0.2, 0.25) is 0 Å². The Morgan fingerprint density at radius 2 is 2.17 bits per heavy atom. The zero-order chi connectivity index (χ0) is 13.1. The quantitative estimate of drug-likeness (QED) is 0.892. The van der Waals surface area contributed by atoms with Gasteiger partial charge in [0.05, 0.1) is 17.9 Å². The maximum Gasteiger partial charge on any atom is 0.270 e. The second kappa shape index (κ2) is 5.18. The van der Waals surface area contributed by atoms with E-state index in [4.69, 9.17) is 5.73 Å². The van der Waals surface area contributed by atoms with Crippen LogP contribution in [-0.4, -0.2) is 10.9 Å². The Labute approximate surface area is 110 Å². The summed E-state index contributed by atoms with van der Waals surface area (Å²) in [5.41, 5.74) is 6.46. The lowest BCUT2D eigenvalue weighted by molar-refractivity contribution is 0.0935. The summed E-state index contributed by atoms with van der Waals surface area (Å²) in [6.45, 7) is 4.00. The number of nitrogens with two attached hydrogens (primary N) is 1. The Hall–Kier alpha value is -1.88. The molecule has 0 aliphatic rings. The number of aromatic nitrogens is 1. The van der Waals surface area contributed by atoms with Crippen molar-refractivity contribution in [1.29, 1.82) is 0 Å². The van der Waals surface area contributed by atoms with E-state index in [1.54, 1.807) is 23.5 Å². The number of carbonyl (C=O) groups is 1. The topological polar surface area (TPSA) is 68.0 Å². The van der Waals surface area contributed by atoms with Crippen LogP contribution in [0.25, 0.3) is 0 Å². The van der Waals surface area contributed by atoms with Crippen molar-refractivity contribution in [3.05, 3.63) is 45.9 Å². The van der Waals surface area contributed by atoms with E-state index in [0.717, 1.165) is 4.88 Å². The first kappa shape index (κ1) is 12.6. The number of aryl methyl sites for hydroxylation is 1. The molecule has 0 radical (unpaired) electrons. The number of carbonyl (C=O) groups excluding carboxylic acids is 1. The van der Waals surface area contributed by atoms with Crippen molar-refractivity contribution in [3.63, 3.8) is 0 Å². The number of hydrogen-bond donors (Lipinski definition) is 2. The molecule has 2 rings (SSSR count). The second-order valence-electron chi connectivity index (χ2n) is 4.12. The van der Waals surface area contributed by atoms with E-state index in [1.165, 1.54) is 11.1 Å². The van der Waals surface area contributed by atoms with Gasteiger partial charge in [0.15, 0.2) is 0 Å². The van der Waals surface area contributed by atoms with Crippen LogP contribution in [0.3, 0.4) is 0 Å². The summed E-state index contributed by atoms with van der Waals surface area (Å²) in [6, 6.07) is 7.35. The van der Waals surface area contributed by atoms with Gasteiger partial charge in [-0.3, -0.25) is 4.79 Å². The third-order valence-electron chi connectivity index (χ3n) is 2.55. The number of nitrogens with zero attached hydrogens (tertiary/aromatic N) is 1. The number of amides is 1. The number of anilines is 1. The van der Waals surface area contributed by atoms with E-state index in [-0.39, 0.29) is 11.9 Å². The number of hydrogen-bond acceptors (Lipinski definition) is 4. The fraction of sp³-hybridized carbons (Fsp3) is 0.231. The molecule has 0 aliphatic carbocycles. The minimum absolute atomic E-state index is 0.0180. The molecule has 2 aromatic heterocycles. The highest BCUT2D eigenvalue weighted by Crippen LogP contribution is 2.22. The fourth-order valence-corrected chi connectivity index (χ4v) is 2.45. The van der Waals surface area contributed by atoms with Crippen molar-refractivity contribution in [1.82, 2.24) is 10.3 Å². The van der Waals surface area contributed by atoms with E-state index in [2.05, 4.69) is 10.3 Å². The molecule has 2 aromatic rings. The van der Waals surface area contributed by atoms with Crippen molar-refractivity contribution in [2.24, 2.45) is 0 Å². The third-order valence-corrected chi connectivity index (χ3v) is 3.74. The minimum Gasteiger partial charge on any atom is -0.397 e. The molecule has 0 saturated heterocycles. The van der Waals surface area contributed by atoms with Crippen LogP contribution >= 0.6 is 11.3 Å². The van der Waals surface area contributed by atoms with Gasteiger partial charge in [0, 0.05) is 9.75 Å². The zero-order valence-corrected chi connectivity index (χ0v) is 11.1. The van der Waals surface area contributed by atoms with E-state index >= 15 is 0 Å². The van der Waals surface area contributed by atoms with Crippen LogP contribution in [0.5, 0.6) is 0 Å². The average Bonchev–Trinajstić information content (AvgIpc) is 2.76. The molecule has 1 unspecified atom stereocenters.